The van der Waals surface area contributed by atoms with Crippen molar-refractivity contribution in [3.63, 3.8) is 0 Å². The monoisotopic (exact) mass is 250 g/mol. The van der Waals surface area contributed by atoms with Crippen molar-refractivity contribution in [3.05, 3.63) is 12.2 Å². The van der Waals surface area contributed by atoms with E-state index in [1.165, 1.54) is 37.7 Å². The zero-order valence-electron chi connectivity index (χ0n) is 12.0. The summed E-state index contributed by atoms with van der Waals surface area (Å²) in [6.45, 7) is 9.92. The zero-order chi connectivity index (χ0) is 13.0. The van der Waals surface area contributed by atoms with E-state index in [0.717, 1.165) is 11.8 Å². The van der Waals surface area contributed by atoms with Gasteiger partial charge in [-0.15, -0.1) is 0 Å². The average Bonchev–Trinajstić information content (AvgIpc) is 2.81. The number of rotatable bonds is 1. The van der Waals surface area contributed by atoms with Crippen molar-refractivity contribution in [3.8, 4) is 0 Å². The molecule has 102 valence electrons. The molecule has 2 unspecified atom stereocenters. The number of ether oxygens (including phenoxy) is 2. The molecule has 18 heavy (non-hydrogen) atoms. The molecule has 0 radical (unpaired) electrons. The third-order valence-corrected chi connectivity index (χ3v) is 6.33. The number of methoxy groups -OCH3 is 1. The molecule has 2 nitrogen and oxygen atoms in total. The Hall–Kier alpha value is -0.340. The molecule has 0 amide bonds. The molecular weight excluding hydrogens is 224 g/mol. The van der Waals surface area contributed by atoms with Gasteiger partial charge in [-0.2, -0.15) is 0 Å². The van der Waals surface area contributed by atoms with Crippen LogP contribution in [-0.4, -0.2) is 20.0 Å². The normalized spacial score (nSPS) is 51.9. The number of hydrogen-bond donors (Lipinski definition) is 0. The van der Waals surface area contributed by atoms with Gasteiger partial charge >= 0.3 is 0 Å². The van der Waals surface area contributed by atoms with Gasteiger partial charge in [0.05, 0.1) is 6.61 Å². The fourth-order valence-electron chi connectivity index (χ4n) is 4.97. The van der Waals surface area contributed by atoms with Crippen LogP contribution in [0.3, 0.4) is 0 Å². The standard InChI is InChI=1S/C16H26O2/c1-11-6-5-7-13-8-16(10-15(11,13)3)12(2)9-18-14(16)17-4/h11,13-14H,2,5-10H2,1,3-4H3/t11-,13?,14?,15+,16+/m0/s1. The molecular formula is C16H26O2. The molecule has 1 aliphatic heterocycles. The van der Waals surface area contributed by atoms with Crippen molar-refractivity contribution in [2.75, 3.05) is 13.7 Å². The second kappa shape index (κ2) is 4.08. The van der Waals surface area contributed by atoms with E-state index in [1.54, 1.807) is 7.11 Å². The Kier molecular flexibility index (Phi) is 2.87. The highest BCUT2D eigenvalue weighted by Crippen LogP contribution is 2.66. The van der Waals surface area contributed by atoms with Crippen molar-refractivity contribution in [2.24, 2.45) is 22.7 Å². The van der Waals surface area contributed by atoms with Crippen molar-refractivity contribution >= 4 is 0 Å². The third-order valence-electron chi connectivity index (χ3n) is 6.33. The molecule has 0 aromatic heterocycles. The molecule has 2 aliphatic carbocycles. The minimum absolute atomic E-state index is 0.0559. The Balaban J connectivity index is 1.95. The van der Waals surface area contributed by atoms with E-state index in [9.17, 15) is 0 Å². The van der Waals surface area contributed by atoms with Crippen LogP contribution in [-0.2, 0) is 9.47 Å². The van der Waals surface area contributed by atoms with E-state index in [4.69, 9.17) is 9.47 Å². The van der Waals surface area contributed by atoms with Gasteiger partial charge in [-0.3, -0.25) is 0 Å². The number of hydrogen-bond acceptors (Lipinski definition) is 2. The fraction of sp³-hybridized carbons (Fsp3) is 0.875. The smallest absolute Gasteiger partial charge is 0.166 e. The van der Waals surface area contributed by atoms with Gasteiger partial charge in [-0.1, -0.05) is 33.3 Å². The van der Waals surface area contributed by atoms with E-state index in [2.05, 4.69) is 20.4 Å². The fourth-order valence-corrected chi connectivity index (χ4v) is 4.97. The van der Waals surface area contributed by atoms with Gasteiger partial charge in [-0.05, 0) is 42.1 Å². The summed E-state index contributed by atoms with van der Waals surface area (Å²) in [6.07, 6.45) is 6.54. The van der Waals surface area contributed by atoms with Crippen molar-refractivity contribution in [2.45, 2.75) is 52.2 Å². The minimum atomic E-state index is -0.0559. The molecule has 3 aliphatic rings. The first-order valence-electron chi connectivity index (χ1n) is 7.35. The predicted molar refractivity (Wildman–Crippen MR) is 72.2 cm³/mol. The molecule has 0 bridgehead atoms. The van der Waals surface area contributed by atoms with Crippen molar-refractivity contribution < 1.29 is 9.47 Å². The van der Waals surface area contributed by atoms with Crippen LogP contribution in [0.1, 0.15) is 46.0 Å². The third kappa shape index (κ3) is 1.48. The number of fused-ring (bicyclic) bond motifs is 1. The lowest BCUT2D eigenvalue weighted by Gasteiger charge is -2.42. The Morgan fingerprint density at radius 2 is 2.17 bits per heavy atom. The Labute approximate surface area is 111 Å². The zero-order valence-corrected chi connectivity index (χ0v) is 12.0. The van der Waals surface area contributed by atoms with E-state index in [1.807, 2.05) is 0 Å². The van der Waals surface area contributed by atoms with Gasteiger partial charge in [0.1, 0.15) is 0 Å². The van der Waals surface area contributed by atoms with E-state index in [-0.39, 0.29) is 11.7 Å². The van der Waals surface area contributed by atoms with Crippen LogP contribution in [0.2, 0.25) is 0 Å². The van der Waals surface area contributed by atoms with Gasteiger partial charge in [-0.25, -0.2) is 0 Å². The lowest BCUT2D eigenvalue weighted by molar-refractivity contribution is -0.141. The van der Waals surface area contributed by atoms with E-state index in [0.29, 0.717) is 12.0 Å². The van der Waals surface area contributed by atoms with Crippen molar-refractivity contribution in [1.82, 2.24) is 0 Å². The summed E-state index contributed by atoms with van der Waals surface area (Å²) in [7, 11) is 1.78. The summed E-state index contributed by atoms with van der Waals surface area (Å²) in [5.74, 6) is 1.65. The van der Waals surface area contributed by atoms with Gasteiger partial charge < -0.3 is 9.47 Å². The highest BCUT2D eigenvalue weighted by Gasteiger charge is 2.61. The molecule has 1 heterocycles. The summed E-state index contributed by atoms with van der Waals surface area (Å²) in [5.41, 5.74) is 1.84. The van der Waals surface area contributed by atoms with Crippen LogP contribution in [0.15, 0.2) is 12.2 Å². The summed E-state index contributed by atoms with van der Waals surface area (Å²) >= 11 is 0. The Bertz CT molecular complexity index is 364. The van der Waals surface area contributed by atoms with Crippen molar-refractivity contribution in [1.29, 1.82) is 0 Å². The average molecular weight is 250 g/mol. The maximum Gasteiger partial charge on any atom is 0.166 e. The van der Waals surface area contributed by atoms with E-state index >= 15 is 0 Å². The molecule has 3 fully saturated rings. The lowest BCUT2D eigenvalue weighted by atomic mass is 9.63. The summed E-state index contributed by atoms with van der Waals surface area (Å²) in [5, 5.41) is 0. The highest BCUT2D eigenvalue weighted by atomic mass is 16.7. The first-order valence-corrected chi connectivity index (χ1v) is 7.35. The molecule has 1 saturated heterocycles. The molecule has 0 N–H and O–H groups in total. The first-order chi connectivity index (χ1) is 8.53. The molecule has 0 aromatic carbocycles. The van der Waals surface area contributed by atoms with Crippen LogP contribution in [0.5, 0.6) is 0 Å². The molecule has 5 atom stereocenters. The maximum atomic E-state index is 5.82. The quantitative estimate of drug-likeness (QED) is 0.660. The molecule has 1 spiro atoms. The summed E-state index contributed by atoms with van der Waals surface area (Å²) < 4.78 is 11.4. The largest absolute Gasteiger partial charge is 0.355 e. The Morgan fingerprint density at radius 3 is 2.83 bits per heavy atom. The van der Waals surface area contributed by atoms with Crippen LogP contribution < -0.4 is 0 Å². The second-order valence-corrected chi connectivity index (χ2v) is 7.05. The van der Waals surface area contributed by atoms with Crippen LogP contribution >= 0.6 is 0 Å². The molecule has 3 rings (SSSR count). The van der Waals surface area contributed by atoms with Gasteiger partial charge in [0.2, 0.25) is 0 Å². The van der Waals surface area contributed by atoms with Gasteiger partial charge in [0.25, 0.3) is 0 Å². The van der Waals surface area contributed by atoms with Gasteiger partial charge in [0, 0.05) is 12.5 Å². The SMILES string of the molecule is C=C1COC(OC)[C@@]12CC1CCC[C@H](C)[C@@]1(C)C2. The Morgan fingerprint density at radius 1 is 1.39 bits per heavy atom. The summed E-state index contributed by atoms with van der Waals surface area (Å²) in [4.78, 5) is 0. The first kappa shape index (κ1) is 12.7. The van der Waals surface area contributed by atoms with Crippen LogP contribution in [0.25, 0.3) is 0 Å². The minimum Gasteiger partial charge on any atom is -0.355 e. The van der Waals surface area contributed by atoms with Crippen LogP contribution in [0, 0.1) is 22.7 Å². The maximum absolute atomic E-state index is 5.82. The van der Waals surface area contributed by atoms with Gasteiger partial charge in [0.15, 0.2) is 6.29 Å². The molecule has 2 heteroatoms. The highest BCUT2D eigenvalue weighted by molar-refractivity contribution is 5.23. The topological polar surface area (TPSA) is 18.5 Å². The molecule has 2 saturated carbocycles. The summed E-state index contributed by atoms with van der Waals surface area (Å²) in [6, 6.07) is 0. The second-order valence-electron chi connectivity index (χ2n) is 7.05. The lowest BCUT2D eigenvalue weighted by Crippen LogP contribution is -2.35. The molecule has 0 aromatic rings. The van der Waals surface area contributed by atoms with E-state index < -0.39 is 0 Å². The predicted octanol–water partition coefficient (Wildman–Crippen LogP) is 3.77. The van der Waals surface area contributed by atoms with Crippen LogP contribution in [0.4, 0.5) is 0 Å².